The SMILES string of the molecule is O=c1[nH]cnc2c(NC3OC(CO)C(O)C3O)cccc12.[Na+]. The van der Waals surface area contributed by atoms with E-state index in [2.05, 4.69) is 15.3 Å². The maximum Gasteiger partial charge on any atom is 1.00 e. The van der Waals surface area contributed by atoms with Crippen molar-refractivity contribution in [2.24, 2.45) is 0 Å². The van der Waals surface area contributed by atoms with Crippen LogP contribution in [-0.4, -0.2) is 56.4 Å². The van der Waals surface area contributed by atoms with E-state index in [1.807, 2.05) is 0 Å². The smallest absolute Gasteiger partial charge is 0.394 e. The molecule has 1 aromatic heterocycles. The monoisotopic (exact) mass is 316 g/mol. The standard InChI is InChI=1S/C13H15N3O5.Na/c17-4-8-10(18)11(19)13(21-8)16-7-3-1-2-6-9(7)14-5-15-12(6)20;/h1-3,5,8,10-11,13,16-19H,4H2,(H,14,15,20);/q;+1. The van der Waals surface area contributed by atoms with Crippen LogP contribution in [0.15, 0.2) is 29.3 Å². The Labute approximate surface area is 147 Å². The van der Waals surface area contributed by atoms with Gasteiger partial charge in [-0.05, 0) is 12.1 Å². The number of nitrogens with zero attached hydrogens (tertiary/aromatic N) is 1. The number of aliphatic hydroxyl groups is 3. The second kappa shape index (κ2) is 7.05. The van der Waals surface area contributed by atoms with E-state index >= 15 is 0 Å². The fourth-order valence-corrected chi connectivity index (χ4v) is 2.39. The van der Waals surface area contributed by atoms with Crippen LogP contribution in [0.1, 0.15) is 0 Å². The molecular weight excluding hydrogens is 301 g/mol. The van der Waals surface area contributed by atoms with Crippen molar-refractivity contribution in [2.75, 3.05) is 11.9 Å². The Balaban J connectivity index is 0.00000176. The molecule has 0 spiro atoms. The normalized spacial score (nSPS) is 27.6. The van der Waals surface area contributed by atoms with E-state index < -0.39 is 31.1 Å². The van der Waals surface area contributed by atoms with Crippen LogP contribution >= 0.6 is 0 Å². The summed E-state index contributed by atoms with van der Waals surface area (Å²) in [6.45, 7) is -0.399. The molecule has 0 amide bonds. The predicted octanol–water partition coefficient (Wildman–Crippen LogP) is -4.22. The molecule has 1 aliphatic rings. The van der Waals surface area contributed by atoms with Gasteiger partial charge in [0.2, 0.25) is 0 Å². The van der Waals surface area contributed by atoms with E-state index in [4.69, 9.17) is 9.84 Å². The number of nitrogens with one attached hydrogen (secondary N) is 2. The minimum absolute atomic E-state index is 0. The quantitative estimate of drug-likeness (QED) is 0.363. The zero-order chi connectivity index (χ0) is 15.0. The van der Waals surface area contributed by atoms with Crippen LogP contribution in [0.25, 0.3) is 10.9 Å². The van der Waals surface area contributed by atoms with Crippen molar-refractivity contribution in [3.63, 3.8) is 0 Å². The van der Waals surface area contributed by atoms with E-state index in [9.17, 15) is 15.0 Å². The Morgan fingerprint density at radius 1 is 1.32 bits per heavy atom. The summed E-state index contributed by atoms with van der Waals surface area (Å²) in [6.07, 6.45) is -2.85. The van der Waals surface area contributed by atoms with Crippen molar-refractivity contribution in [1.82, 2.24) is 9.97 Å². The Hall–Kier alpha value is -1.00. The fourth-order valence-electron chi connectivity index (χ4n) is 2.39. The number of hydrogen-bond acceptors (Lipinski definition) is 7. The zero-order valence-corrected chi connectivity index (χ0v) is 13.9. The van der Waals surface area contributed by atoms with Crippen LogP contribution in [0.5, 0.6) is 0 Å². The van der Waals surface area contributed by atoms with Gasteiger partial charge in [-0.1, -0.05) is 6.07 Å². The van der Waals surface area contributed by atoms with Crippen LogP contribution in [0.3, 0.4) is 0 Å². The summed E-state index contributed by atoms with van der Waals surface area (Å²) < 4.78 is 5.34. The molecule has 22 heavy (non-hydrogen) atoms. The summed E-state index contributed by atoms with van der Waals surface area (Å²) in [4.78, 5) is 18.3. The third-order valence-electron chi connectivity index (χ3n) is 3.51. The van der Waals surface area contributed by atoms with Crippen molar-refractivity contribution in [3.05, 3.63) is 34.9 Å². The molecular formula is C13H15N3NaO5+. The average Bonchev–Trinajstić information content (AvgIpc) is 2.76. The van der Waals surface area contributed by atoms with Gasteiger partial charge in [-0.25, -0.2) is 4.98 Å². The van der Waals surface area contributed by atoms with Crippen LogP contribution in [-0.2, 0) is 4.74 Å². The summed E-state index contributed by atoms with van der Waals surface area (Å²) in [5.74, 6) is 0. The molecule has 5 N–H and O–H groups in total. The van der Waals surface area contributed by atoms with Gasteiger partial charge in [0.15, 0.2) is 6.23 Å². The average molecular weight is 316 g/mol. The van der Waals surface area contributed by atoms with Gasteiger partial charge in [0.25, 0.3) is 5.56 Å². The third kappa shape index (κ3) is 3.04. The molecule has 1 fully saturated rings. The zero-order valence-electron chi connectivity index (χ0n) is 11.9. The number of aromatic amines is 1. The number of aromatic nitrogens is 2. The molecule has 4 atom stereocenters. The van der Waals surface area contributed by atoms with Gasteiger partial charge in [0, 0.05) is 0 Å². The molecule has 0 saturated carbocycles. The van der Waals surface area contributed by atoms with Gasteiger partial charge in [0.05, 0.1) is 24.0 Å². The molecule has 0 aliphatic carbocycles. The molecule has 0 radical (unpaired) electrons. The summed E-state index contributed by atoms with van der Waals surface area (Å²) >= 11 is 0. The molecule has 4 unspecified atom stereocenters. The number of aliphatic hydroxyl groups excluding tert-OH is 3. The summed E-state index contributed by atoms with van der Waals surface area (Å²) in [5.41, 5.74) is 0.650. The van der Waals surface area contributed by atoms with Gasteiger partial charge < -0.3 is 30.4 Å². The Morgan fingerprint density at radius 3 is 2.77 bits per heavy atom. The van der Waals surface area contributed by atoms with Gasteiger partial charge in [-0.15, -0.1) is 0 Å². The Morgan fingerprint density at radius 2 is 2.09 bits per heavy atom. The van der Waals surface area contributed by atoms with E-state index in [1.165, 1.54) is 6.33 Å². The third-order valence-corrected chi connectivity index (χ3v) is 3.51. The minimum atomic E-state index is -1.19. The number of hydrogen-bond donors (Lipinski definition) is 5. The number of benzene rings is 1. The first-order valence-corrected chi connectivity index (χ1v) is 6.47. The van der Waals surface area contributed by atoms with Gasteiger partial charge >= 0.3 is 29.6 Å². The molecule has 1 saturated heterocycles. The number of H-pyrrole nitrogens is 1. The molecule has 2 aromatic rings. The largest absolute Gasteiger partial charge is 1.00 e. The van der Waals surface area contributed by atoms with Crippen molar-refractivity contribution >= 4 is 16.6 Å². The molecule has 0 bridgehead atoms. The Kier molecular flexibility index (Phi) is 5.56. The van der Waals surface area contributed by atoms with Gasteiger partial charge in [-0.2, -0.15) is 0 Å². The number of fused-ring (bicyclic) bond motifs is 1. The van der Waals surface area contributed by atoms with Crippen molar-refractivity contribution in [1.29, 1.82) is 0 Å². The van der Waals surface area contributed by atoms with Crippen LogP contribution in [0.2, 0.25) is 0 Å². The van der Waals surface area contributed by atoms with E-state index in [0.717, 1.165) is 0 Å². The second-order valence-corrected chi connectivity index (χ2v) is 4.84. The topological polar surface area (TPSA) is 128 Å². The first kappa shape index (κ1) is 17.4. The number of ether oxygens (including phenoxy) is 1. The second-order valence-electron chi connectivity index (χ2n) is 4.84. The first-order valence-electron chi connectivity index (χ1n) is 6.47. The van der Waals surface area contributed by atoms with E-state index in [-0.39, 0.29) is 35.1 Å². The van der Waals surface area contributed by atoms with E-state index in [0.29, 0.717) is 16.6 Å². The van der Waals surface area contributed by atoms with Crippen LogP contribution < -0.4 is 40.4 Å². The van der Waals surface area contributed by atoms with Crippen molar-refractivity contribution in [3.8, 4) is 0 Å². The molecule has 9 heteroatoms. The molecule has 1 aliphatic heterocycles. The summed E-state index contributed by atoms with van der Waals surface area (Å²) in [5, 5.41) is 32.0. The molecule has 3 rings (SSSR count). The molecule has 8 nitrogen and oxygen atoms in total. The first-order chi connectivity index (χ1) is 10.1. The maximum atomic E-state index is 11.7. The summed E-state index contributed by atoms with van der Waals surface area (Å²) in [7, 11) is 0. The minimum Gasteiger partial charge on any atom is -0.394 e. The molecule has 112 valence electrons. The van der Waals surface area contributed by atoms with Crippen LogP contribution in [0.4, 0.5) is 5.69 Å². The maximum absolute atomic E-state index is 11.7. The van der Waals surface area contributed by atoms with E-state index in [1.54, 1.807) is 18.2 Å². The molecule has 2 heterocycles. The fraction of sp³-hybridized carbons (Fsp3) is 0.385. The molecule has 1 aromatic carbocycles. The van der Waals surface area contributed by atoms with Crippen molar-refractivity contribution in [2.45, 2.75) is 24.5 Å². The number of rotatable bonds is 3. The number of anilines is 1. The predicted molar refractivity (Wildman–Crippen MR) is 73.7 cm³/mol. The van der Waals surface area contributed by atoms with Gasteiger partial charge in [0.1, 0.15) is 23.8 Å². The van der Waals surface area contributed by atoms with Crippen LogP contribution in [0, 0.1) is 0 Å². The Bertz CT molecular complexity index is 709. The van der Waals surface area contributed by atoms with Gasteiger partial charge in [-0.3, -0.25) is 4.79 Å². The summed E-state index contributed by atoms with van der Waals surface area (Å²) in [6, 6.07) is 4.98. The van der Waals surface area contributed by atoms with Crippen molar-refractivity contribution < 1.29 is 49.6 Å². The number of para-hydroxylation sites is 1.